The Kier molecular flexibility index (Phi) is 6.45. The maximum absolute atomic E-state index is 12.8. The van der Waals surface area contributed by atoms with Gasteiger partial charge < -0.3 is 15.4 Å². The predicted molar refractivity (Wildman–Crippen MR) is 91.7 cm³/mol. The number of piperidine rings is 1. The third kappa shape index (κ3) is 4.02. The average molecular weight is 325 g/mol. The minimum Gasteiger partial charge on any atom is -0.489 e. The van der Waals surface area contributed by atoms with E-state index in [2.05, 4.69) is 20.4 Å². The first-order valence-electron chi connectivity index (χ1n) is 7.33. The topological polar surface area (TPSA) is 55.6 Å². The van der Waals surface area contributed by atoms with Crippen molar-refractivity contribution >= 4 is 18.3 Å². The van der Waals surface area contributed by atoms with Gasteiger partial charge in [-0.05, 0) is 24.0 Å². The SMILES string of the molecule is C=CCOc1ccccc1C(=O)N1CCC(N)C(C)(C)C1.Cl. The van der Waals surface area contributed by atoms with Crippen molar-refractivity contribution in [3.05, 3.63) is 42.5 Å². The normalized spacial score (nSPS) is 20.0. The van der Waals surface area contributed by atoms with Gasteiger partial charge in [0.05, 0.1) is 5.56 Å². The molecule has 1 amide bonds. The van der Waals surface area contributed by atoms with E-state index in [0.29, 0.717) is 31.0 Å². The number of carbonyl (C=O) groups is 1. The lowest BCUT2D eigenvalue weighted by atomic mass is 9.79. The quantitative estimate of drug-likeness (QED) is 0.866. The van der Waals surface area contributed by atoms with Crippen molar-refractivity contribution in [1.29, 1.82) is 0 Å². The van der Waals surface area contributed by atoms with Gasteiger partial charge in [-0.25, -0.2) is 0 Å². The van der Waals surface area contributed by atoms with E-state index in [1.807, 2.05) is 29.2 Å². The molecule has 1 heterocycles. The van der Waals surface area contributed by atoms with Crippen molar-refractivity contribution in [2.75, 3.05) is 19.7 Å². The Hall–Kier alpha value is -1.52. The number of likely N-dealkylation sites (tertiary alicyclic amines) is 1. The Morgan fingerprint density at radius 1 is 1.50 bits per heavy atom. The van der Waals surface area contributed by atoms with E-state index in [9.17, 15) is 4.79 Å². The second-order valence-electron chi connectivity index (χ2n) is 6.21. The molecule has 1 atom stereocenters. The zero-order valence-corrected chi connectivity index (χ0v) is 14.1. The van der Waals surface area contributed by atoms with Gasteiger partial charge in [0.15, 0.2) is 0 Å². The van der Waals surface area contributed by atoms with Crippen LogP contribution in [0.25, 0.3) is 0 Å². The lowest BCUT2D eigenvalue weighted by molar-refractivity contribution is 0.0529. The van der Waals surface area contributed by atoms with Crippen LogP contribution in [0, 0.1) is 5.41 Å². The summed E-state index contributed by atoms with van der Waals surface area (Å²) < 4.78 is 5.58. The van der Waals surface area contributed by atoms with Crippen LogP contribution in [0.5, 0.6) is 5.75 Å². The summed E-state index contributed by atoms with van der Waals surface area (Å²) in [6.45, 7) is 9.60. The molecule has 1 aliphatic heterocycles. The maximum Gasteiger partial charge on any atom is 0.257 e. The molecule has 22 heavy (non-hydrogen) atoms. The van der Waals surface area contributed by atoms with Crippen molar-refractivity contribution in [3.8, 4) is 5.75 Å². The third-order valence-corrected chi connectivity index (χ3v) is 4.07. The highest BCUT2D eigenvalue weighted by Crippen LogP contribution is 2.30. The summed E-state index contributed by atoms with van der Waals surface area (Å²) in [5.41, 5.74) is 6.67. The smallest absolute Gasteiger partial charge is 0.257 e. The number of ether oxygens (including phenoxy) is 1. The Morgan fingerprint density at radius 3 is 2.82 bits per heavy atom. The lowest BCUT2D eigenvalue weighted by Crippen LogP contribution is -2.54. The van der Waals surface area contributed by atoms with Gasteiger partial charge in [-0.3, -0.25) is 4.79 Å². The number of nitrogens with two attached hydrogens (primary N) is 1. The van der Waals surface area contributed by atoms with Crippen molar-refractivity contribution in [1.82, 2.24) is 4.90 Å². The summed E-state index contributed by atoms with van der Waals surface area (Å²) in [6, 6.07) is 7.48. The fourth-order valence-electron chi connectivity index (χ4n) is 2.64. The molecule has 1 aromatic rings. The van der Waals surface area contributed by atoms with Gasteiger partial charge in [-0.15, -0.1) is 12.4 Å². The number of para-hydroxylation sites is 1. The molecule has 2 N–H and O–H groups in total. The van der Waals surface area contributed by atoms with E-state index in [0.717, 1.165) is 6.42 Å². The molecular weight excluding hydrogens is 300 g/mol. The maximum atomic E-state index is 12.8. The molecule has 5 heteroatoms. The van der Waals surface area contributed by atoms with Crippen LogP contribution in [0.3, 0.4) is 0 Å². The van der Waals surface area contributed by atoms with E-state index >= 15 is 0 Å². The van der Waals surface area contributed by atoms with Gasteiger partial charge in [-0.2, -0.15) is 0 Å². The first kappa shape index (κ1) is 18.5. The summed E-state index contributed by atoms with van der Waals surface area (Å²) in [5.74, 6) is 0.615. The molecular formula is C17H25ClN2O2. The number of carbonyl (C=O) groups excluding carboxylic acids is 1. The number of nitrogens with zero attached hydrogens (tertiary/aromatic N) is 1. The number of halogens is 1. The minimum absolute atomic E-state index is 0. The highest BCUT2D eigenvalue weighted by Gasteiger charge is 2.36. The van der Waals surface area contributed by atoms with Crippen molar-refractivity contribution in [2.24, 2.45) is 11.1 Å². The molecule has 1 fully saturated rings. The Morgan fingerprint density at radius 2 is 2.18 bits per heavy atom. The molecule has 0 aromatic heterocycles. The first-order chi connectivity index (χ1) is 9.95. The molecule has 0 aliphatic carbocycles. The summed E-state index contributed by atoms with van der Waals surface area (Å²) in [4.78, 5) is 14.6. The second kappa shape index (κ2) is 7.65. The number of rotatable bonds is 4. The van der Waals surface area contributed by atoms with Gasteiger partial charge in [0, 0.05) is 19.1 Å². The van der Waals surface area contributed by atoms with Crippen LogP contribution in [0.4, 0.5) is 0 Å². The Labute approximate surface area is 138 Å². The highest BCUT2D eigenvalue weighted by atomic mass is 35.5. The van der Waals surface area contributed by atoms with Crippen molar-refractivity contribution in [3.63, 3.8) is 0 Å². The minimum atomic E-state index is -0.0647. The van der Waals surface area contributed by atoms with E-state index in [1.54, 1.807) is 6.08 Å². The molecule has 0 bridgehead atoms. The van der Waals surface area contributed by atoms with Crippen LogP contribution in [0.2, 0.25) is 0 Å². The second-order valence-corrected chi connectivity index (χ2v) is 6.21. The van der Waals surface area contributed by atoms with Gasteiger partial charge >= 0.3 is 0 Å². The third-order valence-electron chi connectivity index (χ3n) is 4.07. The fraction of sp³-hybridized carbons (Fsp3) is 0.471. The summed E-state index contributed by atoms with van der Waals surface area (Å²) in [7, 11) is 0. The van der Waals surface area contributed by atoms with Gasteiger partial charge in [0.25, 0.3) is 5.91 Å². The molecule has 0 radical (unpaired) electrons. The molecule has 122 valence electrons. The summed E-state index contributed by atoms with van der Waals surface area (Å²) in [6.07, 6.45) is 2.50. The standard InChI is InChI=1S/C17H24N2O2.ClH/c1-4-11-21-14-8-6-5-7-13(14)16(20)19-10-9-15(18)17(2,3)12-19;/h4-8,15H,1,9-12,18H2,2-3H3;1H. The number of amides is 1. The zero-order valence-electron chi connectivity index (χ0n) is 13.2. The molecule has 0 spiro atoms. The number of hydrogen-bond donors (Lipinski definition) is 1. The Balaban J connectivity index is 0.00000242. The van der Waals surface area contributed by atoms with Crippen LogP contribution in [0.1, 0.15) is 30.6 Å². The van der Waals surface area contributed by atoms with Crippen LogP contribution >= 0.6 is 12.4 Å². The van der Waals surface area contributed by atoms with Crippen LogP contribution in [-0.2, 0) is 0 Å². The summed E-state index contributed by atoms with van der Waals surface area (Å²) >= 11 is 0. The van der Waals surface area contributed by atoms with E-state index in [4.69, 9.17) is 10.5 Å². The number of hydrogen-bond acceptors (Lipinski definition) is 3. The van der Waals surface area contributed by atoms with E-state index in [1.165, 1.54) is 0 Å². The van der Waals surface area contributed by atoms with E-state index < -0.39 is 0 Å². The Bertz CT molecular complexity index is 531. The van der Waals surface area contributed by atoms with E-state index in [-0.39, 0.29) is 29.8 Å². The molecule has 1 aliphatic rings. The monoisotopic (exact) mass is 324 g/mol. The predicted octanol–water partition coefficient (Wildman–Crippen LogP) is 2.87. The zero-order chi connectivity index (χ0) is 15.5. The average Bonchev–Trinajstić information content (AvgIpc) is 2.47. The van der Waals surface area contributed by atoms with Crippen LogP contribution in [-0.4, -0.2) is 36.5 Å². The van der Waals surface area contributed by atoms with Gasteiger partial charge in [-0.1, -0.05) is 38.6 Å². The van der Waals surface area contributed by atoms with Gasteiger partial charge in [0.2, 0.25) is 0 Å². The van der Waals surface area contributed by atoms with Crippen LogP contribution in [0.15, 0.2) is 36.9 Å². The molecule has 4 nitrogen and oxygen atoms in total. The van der Waals surface area contributed by atoms with Gasteiger partial charge in [0.1, 0.15) is 12.4 Å². The lowest BCUT2D eigenvalue weighted by Gasteiger charge is -2.42. The molecule has 1 aromatic carbocycles. The fourth-order valence-corrected chi connectivity index (χ4v) is 2.64. The summed E-state index contributed by atoms with van der Waals surface area (Å²) in [5, 5.41) is 0. The first-order valence-corrected chi connectivity index (χ1v) is 7.33. The highest BCUT2D eigenvalue weighted by molar-refractivity contribution is 5.97. The van der Waals surface area contributed by atoms with Crippen LogP contribution < -0.4 is 10.5 Å². The molecule has 1 unspecified atom stereocenters. The van der Waals surface area contributed by atoms with Crippen molar-refractivity contribution < 1.29 is 9.53 Å². The molecule has 0 saturated carbocycles. The molecule has 2 rings (SSSR count). The number of benzene rings is 1. The molecule has 1 saturated heterocycles. The largest absolute Gasteiger partial charge is 0.489 e. The van der Waals surface area contributed by atoms with Crippen molar-refractivity contribution in [2.45, 2.75) is 26.3 Å².